The van der Waals surface area contributed by atoms with Crippen LogP contribution in [0.4, 0.5) is 4.39 Å². The summed E-state index contributed by atoms with van der Waals surface area (Å²) in [5.74, 6) is -0.816. The number of nitrogens with zero attached hydrogens (tertiary/aromatic N) is 1. The average molecular weight is 309 g/mol. The molecule has 112 valence electrons. The molecule has 0 saturated carbocycles. The Morgan fingerprint density at radius 2 is 2.14 bits per heavy atom. The summed E-state index contributed by atoms with van der Waals surface area (Å²) in [6.07, 6.45) is 3.15. The Kier molecular flexibility index (Phi) is 4.66. The summed E-state index contributed by atoms with van der Waals surface area (Å²) in [6, 6.07) is 6.77. The molecule has 0 aliphatic rings. The van der Waals surface area contributed by atoms with E-state index in [-0.39, 0.29) is 6.54 Å². The van der Waals surface area contributed by atoms with Gasteiger partial charge in [-0.3, -0.25) is 4.98 Å². The fraction of sp³-hybridized carbons (Fsp3) is 0.214. The summed E-state index contributed by atoms with van der Waals surface area (Å²) in [5, 5.41) is 0. The number of aromatic nitrogens is 1. The fourth-order valence-corrected chi connectivity index (χ4v) is 3.18. The summed E-state index contributed by atoms with van der Waals surface area (Å²) in [7, 11) is -3.96. The highest BCUT2D eigenvalue weighted by molar-refractivity contribution is 7.89. The topological polar surface area (TPSA) is 85.1 Å². The van der Waals surface area contributed by atoms with E-state index < -0.39 is 26.8 Å². The van der Waals surface area contributed by atoms with Gasteiger partial charge in [0.1, 0.15) is 10.7 Å². The van der Waals surface area contributed by atoms with Crippen molar-refractivity contribution in [1.82, 2.24) is 9.71 Å². The van der Waals surface area contributed by atoms with Crippen molar-refractivity contribution in [3.05, 3.63) is 59.7 Å². The van der Waals surface area contributed by atoms with Crippen LogP contribution in [-0.2, 0) is 16.6 Å². The second kappa shape index (κ2) is 6.30. The lowest BCUT2D eigenvalue weighted by molar-refractivity contribution is 0.546. The zero-order valence-electron chi connectivity index (χ0n) is 11.5. The monoisotopic (exact) mass is 309 g/mol. The molecule has 2 rings (SSSR count). The van der Waals surface area contributed by atoms with Crippen molar-refractivity contribution in [2.75, 3.05) is 0 Å². The van der Waals surface area contributed by atoms with Gasteiger partial charge in [-0.1, -0.05) is 12.1 Å². The van der Waals surface area contributed by atoms with Gasteiger partial charge in [0.15, 0.2) is 0 Å². The lowest BCUT2D eigenvalue weighted by Gasteiger charge is -2.15. The number of hydrogen-bond acceptors (Lipinski definition) is 4. The van der Waals surface area contributed by atoms with Gasteiger partial charge in [-0.2, -0.15) is 0 Å². The molecule has 1 atom stereocenters. The number of nitrogens with two attached hydrogens (primary N) is 1. The van der Waals surface area contributed by atoms with E-state index in [4.69, 9.17) is 5.73 Å². The van der Waals surface area contributed by atoms with Crippen molar-refractivity contribution in [2.24, 2.45) is 5.73 Å². The molecule has 0 fully saturated rings. The van der Waals surface area contributed by atoms with E-state index in [1.807, 2.05) is 0 Å². The van der Waals surface area contributed by atoms with Crippen LogP contribution < -0.4 is 10.5 Å². The largest absolute Gasteiger partial charge is 0.326 e. The summed E-state index contributed by atoms with van der Waals surface area (Å²) in [6.45, 7) is 1.82. The van der Waals surface area contributed by atoms with Crippen LogP contribution in [0.2, 0.25) is 0 Å². The number of nitrogens with one attached hydrogen (secondary N) is 1. The van der Waals surface area contributed by atoms with Crippen molar-refractivity contribution in [1.29, 1.82) is 0 Å². The van der Waals surface area contributed by atoms with Gasteiger partial charge in [0, 0.05) is 25.0 Å². The van der Waals surface area contributed by atoms with Crippen LogP contribution in [0.5, 0.6) is 0 Å². The molecule has 3 N–H and O–H groups in total. The Balaban J connectivity index is 2.26. The molecule has 1 aromatic carbocycles. The van der Waals surface area contributed by atoms with Crippen molar-refractivity contribution < 1.29 is 12.8 Å². The third kappa shape index (κ3) is 3.63. The minimum atomic E-state index is -3.96. The quantitative estimate of drug-likeness (QED) is 0.880. The van der Waals surface area contributed by atoms with E-state index in [0.29, 0.717) is 11.1 Å². The second-order valence-electron chi connectivity index (χ2n) is 4.60. The lowest BCUT2D eigenvalue weighted by atomic mass is 10.2. The first-order valence-electron chi connectivity index (χ1n) is 6.35. The van der Waals surface area contributed by atoms with E-state index in [1.54, 1.807) is 31.5 Å². The van der Waals surface area contributed by atoms with Crippen LogP contribution >= 0.6 is 0 Å². The minimum Gasteiger partial charge on any atom is -0.326 e. The first-order chi connectivity index (χ1) is 9.94. The number of sulfonamides is 1. The molecule has 0 amide bonds. The Bertz CT molecular complexity index is 720. The lowest BCUT2D eigenvalue weighted by Crippen LogP contribution is -2.27. The minimum absolute atomic E-state index is 0.150. The van der Waals surface area contributed by atoms with Crippen molar-refractivity contribution in [2.45, 2.75) is 24.4 Å². The molecule has 0 aliphatic heterocycles. The van der Waals surface area contributed by atoms with E-state index in [2.05, 4.69) is 9.71 Å². The highest BCUT2D eigenvalue weighted by atomic mass is 32.2. The Morgan fingerprint density at radius 3 is 2.71 bits per heavy atom. The number of pyridine rings is 1. The first kappa shape index (κ1) is 15.6. The highest BCUT2D eigenvalue weighted by Crippen LogP contribution is 2.19. The van der Waals surface area contributed by atoms with Gasteiger partial charge in [0.05, 0.1) is 0 Å². The molecule has 1 unspecified atom stereocenters. The predicted octanol–water partition coefficient (Wildman–Crippen LogP) is 1.72. The summed E-state index contributed by atoms with van der Waals surface area (Å²) >= 11 is 0. The van der Waals surface area contributed by atoms with E-state index >= 15 is 0 Å². The number of rotatable bonds is 5. The third-order valence-electron chi connectivity index (χ3n) is 3.04. The van der Waals surface area contributed by atoms with Crippen LogP contribution in [0.25, 0.3) is 0 Å². The molecule has 0 bridgehead atoms. The van der Waals surface area contributed by atoms with E-state index in [9.17, 15) is 12.8 Å². The van der Waals surface area contributed by atoms with Crippen molar-refractivity contribution in [3.63, 3.8) is 0 Å². The molecular weight excluding hydrogens is 293 g/mol. The molecular formula is C14H16FN3O2S. The molecule has 1 aromatic heterocycles. The zero-order valence-corrected chi connectivity index (χ0v) is 12.3. The van der Waals surface area contributed by atoms with Crippen LogP contribution in [0, 0.1) is 5.82 Å². The van der Waals surface area contributed by atoms with Crippen molar-refractivity contribution in [3.8, 4) is 0 Å². The summed E-state index contributed by atoms with van der Waals surface area (Å²) in [4.78, 5) is 3.53. The molecule has 5 nitrogen and oxygen atoms in total. The molecule has 0 radical (unpaired) electrons. The molecule has 1 heterocycles. The van der Waals surface area contributed by atoms with Gasteiger partial charge in [-0.15, -0.1) is 0 Å². The smallest absolute Gasteiger partial charge is 0.244 e. The SMILES string of the molecule is CC(NS(=O)(=O)c1ccc(CN)cc1F)c1cccnc1. The highest BCUT2D eigenvalue weighted by Gasteiger charge is 2.22. The number of halogens is 1. The van der Waals surface area contributed by atoms with Gasteiger partial charge in [-0.05, 0) is 36.2 Å². The molecule has 2 aromatic rings. The first-order valence-corrected chi connectivity index (χ1v) is 7.83. The van der Waals surface area contributed by atoms with Crippen molar-refractivity contribution >= 4 is 10.0 Å². The van der Waals surface area contributed by atoms with Gasteiger partial charge in [-0.25, -0.2) is 17.5 Å². The van der Waals surface area contributed by atoms with Gasteiger partial charge >= 0.3 is 0 Å². The van der Waals surface area contributed by atoms with Crippen LogP contribution in [0.15, 0.2) is 47.6 Å². The Hall–Kier alpha value is -1.83. The normalized spacial score (nSPS) is 13.1. The Labute approximate surface area is 123 Å². The maximum atomic E-state index is 13.9. The van der Waals surface area contributed by atoms with Gasteiger partial charge in [0.2, 0.25) is 10.0 Å². The molecule has 7 heteroatoms. The second-order valence-corrected chi connectivity index (χ2v) is 6.28. The van der Waals surface area contributed by atoms with Crippen LogP contribution in [0.1, 0.15) is 24.1 Å². The zero-order chi connectivity index (χ0) is 15.5. The molecule has 21 heavy (non-hydrogen) atoms. The van der Waals surface area contributed by atoms with E-state index in [0.717, 1.165) is 6.07 Å². The average Bonchev–Trinajstić information content (AvgIpc) is 2.47. The summed E-state index contributed by atoms with van der Waals surface area (Å²) in [5.41, 5.74) is 6.62. The summed E-state index contributed by atoms with van der Waals surface area (Å²) < 4.78 is 40.8. The number of hydrogen-bond donors (Lipinski definition) is 2. The maximum Gasteiger partial charge on any atom is 0.244 e. The van der Waals surface area contributed by atoms with Gasteiger partial charge in [0.25, 0.3) is 0 Å². The maximum absolute atomic E-state index is 13.9. The van der Waals surface area contributed by atoms with E-state index in [1.165, 1.54) is 12.1 Å². The number of benzene rings is 1. The molecule has 0 saturated heterocycles. The van der Waals surface area contributed by atoms with Gasteiger partial charge < -0.3 is 5.73 Å². The third-order valence-corrected chi connectivity index (χ3v) is 4.61. The Morgan fingerprint density at radius 1 is 1.38 bits per heavy atom. The van der Waals surface area contributed by atoms with Crippen LogP contribution in [0.3, 0.4) is 0 Å². The molecule has 0 spiro atoms. The van der Waals surface area contributed by atoms with Crippen LogP contribution in [-0.4, -0.2) is 13.4 Å². The predicted molar refractivity (Wildman–Crippen MR) is 77.3 cm³/mol. The standard InChI is InChI=1S/C14H16FN3O2S/c1-10(12-3-2-6-17-9-12)18-21(19,20)14-5-4-11(8-16)7-13(14)15/h2-7,9-10,18H,8,16H2,1H3. The molecule has 0 aliphatic carbocycles. The fourth-order valence-electron chi connectivity index (χ4n) is 1.89.